The van der Waals surface area contributed by atoms with Gasteiger partial charge in [-0.25, -0.2) is 4.98 Å². The van der Waals surface area contributed by atoms with Gasteiger partial charge in [-0.1, -0.05) is 0 Å². The van der Waals surface area contributed by atoms with Crippen LogP contribution in [0.2, 0.25) is 0 Å². The number of rotatable bonds is 2. The van der Waals surface area contributed by atoms with Crippen LogP contribution in [0.5, 0.6) is 5.75 Å². The van der Waals surface area contributed by atoms with Gasteiger partial charge in [-0.15, -0.1) is 11.3 Å². The first-order valence-corrected chi connectivity index (χ1v) is 6.87. The predicted octanol–water partition coefficient (Wildman–Crippen LogP) is 4.02. The maximum absolute atomic E-state index is 9.49. The van der Waals surface area contributed by atoms with E-state index in [1.54, 1.807) is 23.5 Å². The number of fused-ring (bicyclic) bond motifs is 1. The van der Waals surface area contributed by atoms with Crippen molar-refractivity contribution in [2.75, 3.05) is 12.4 Å². The monoisotopic (exact) mass is 270 g/mol. The summed E-state index contributed by atoms with van der Waals surface area (Å²) in [5.74, 6) is 0.282. The highest BCUT2D eigenvalue weighted by Gasteiger charge is 2.08. The Bertz CT molecular complexity index is 749. The van der Waals surface area contributed by atoms with Gasteiger partial charge in [0.15, 0.2) is 0 Å². The second-order valence-corrected chi connectivity index (χ2v) is 5.48. The minimum Gasteiger partial charge on any atom is -0.508 e. The summed E-state index contributed by atoms with van der Waals surface area (Å²) in [7, 11) is 1.92. The molecule has 1 aromatic heterocycles. The van der Waals surface area contributed by atoms with Gasteiger partial charge in [-0.05, 0) is 48.9 Å². The van der Waals surface area contributed by atoms with E-state index in [1.165, 1.54) is 5.56 Å². The molecule has 0 fully saturated rings. The van der Waals surface area contributed by atoms with E-state index in [4.69, 9.17) is 0 Å². The van der Waals surface area contributed by atoms with Crippen LogP contribution in [0.15, 0.2) is 36.4 Å². The van der Waals surface area contributed by atoms with E-state index in [1.807, 2.05) is 13.1 Å². The molecule has 1 heterocycles. The molecular formula is C15H14N2OS. The van der Waals surface area contributed by atoms with Crippen LogP contribution in [-0.4, -0.2) is 17.1 Å². The zero-order valence-electron chi connectivity index (χ0n) is 10.8. The number of phenols is 1. The van der Waals surface area contributed by atoms with Gasteiger partial charge < -0.3 is 10.4 Å². The molecule has 0 saturated carbocycles. The van der Waals surface area contributed by atoms with E-state index in [2.05, 4.69) is 35.4 Å². The summed E-state index contributed by atoms with van der Waals surface area (Å²) in [5.41, 5.74) is 4.36. The molecule has 3 rings (SSSR count). The average molecular weight is 270 g/mol. The number of hydrogen-bond donors (Lipinski definition) is 2. The Hall–Kier alpha value is -2.07. The molecule has 0 aliphatic heterocycles. The summed E-state index contributed by atoms with van der Waals surface area (Å²) in [6.07, 6.45) is 0. The Labute approximate surface area is 115 Å². The number of thiazole rings is 1. The molecule has 19 heavy (non-hydrogen) atoms. The Kier molecular flexibility index (Phi) is 2.87. The maximum Gasteiger partial charge on any atom is 0.124 e. The van der Waals surface area contributed by atoms with Gasteiger partial charge in [-0.2, -0.15) is 0 Å². The smallest absolute Gasteiger partial charge is 0.124 e. The van der Waals surface area contributed by atoms with Gasteiger partial charge in [0.25, 0.3) is 0 Å². The molecule has 96 valence electrons. The van der Waals surface area contributed by atoms with E-state index in [0.29, 0.717) is 0 Å². The highest BCUT2D eigenvalue weighted by atomic mass is 32.1. The molecule has 0 unspecified atom stereocenters. The number of aromatic hydroxyl groups is 1. The predicted molar refractivity (Wildman–Crippen MR) is 81.0 cm³/mol. The summed E-state index contributed by atoms with van der Waals surface area (Å²) >= 11 is 1.60. The Morgan fingerprint density at radius 3 is 2.74 bits per heavy atom. The molecular weight excluding hydrogens is 256 g/mol. The van der Waals surface area contributed by atoms with Crippen molar-refractivity contribution < 1.29 is 5.11 Å². The van der Waals surface area contributed by atoms with Gasteiger partial charge >= 0.3 is 0 Å². The van der Waals surface area contributed by atoms with Gasteiger partial charge in [0.05, 0.1) is 10.2 Å². The lowest BCUT2D eigenvalue weighted by molar-refractivity contribution is 0.476. The fourth-order valence-corrected chi connectivity index (χ4v) is 3.11. The molecule has 0 aliphatic rings. The van der Waals surface area contributed by atoms with Crippen molar-refractivity contribution >= 4 is 27.2 Å². The quantitative estimate of drug-likeness (QED) is 0.739. The molecule has 2 aromatic carbocycles. The zero-order chi connectivity index (χ0) is 13.4. The average Bonchev–Trinajstić information content (AvgIpc) is 2.81. The Balaban J connectivity index is 2.11. The molecule has 0 saturated heterocycles. The number of phenolic OH excluding ortho intramolecular Hbond substituents is 1. The van der Waals surface area contributed by atoms with Crippen molar-refractivity contribution in [2.24, 2.45) is 0 Å². The van der Waals surface area contributed by atoms with Crippen LogP contribution in [-0.2, 0) is 0 Å². The Morgan fingerprint density at radius 2 is 2.00 bits per heavy atom. The van der Waals surface area contributed by atoms with Crippen LogP contribution in [0.3, 0.4) is 0 Å². The van der Waals surface area contributed by atoms with Crippen molar-refractivity contribution in [2.45, 2.75) is 6.92 Å². The number of aromatic nitrogens is 1. The lowest BCUT2D eigenvalue weighted by Crippen LogP contribution is -1.91. The minimum atomic E-state index is 0.282. The van der Waals surface area contributed by atoms with E-state index < -0.39 is 0 Å². The van der Waals surface area contributed by atoms with Crippen LogP contribution >= 0.6 is 11.3 Å². The number of nitrogens with zero attached hydrogens (tertiary/aromatic N) is 1. The number of aryl methyl sites for hydroxylation is 1. The standard InChI is InChI=1S/C15H14N2OS/c1-9-7-10(3-5-12(9)16-2)15-17-13-6-4-11(18)8-14(13)19-15/h3-8,16,18H,1-2H3. The number of anilines is 1. The van der Waals surface area contributed by atoms with Crippen LogP contribution in [0.4, 0.5) is 5.69 Å². The minimum absolute atomic E-state index is 0.282. The van der Waals surface area contributed by atoms with Gasteiger partial charge in [0, 0.05) is 18.3 Å². The molecule has 4 heteroatoms. The third-order valence-corrected chi connectivity index (χ3v) is 4.18. The topological polar surface area (TPSA) is 45.2 Å². The molecule has 0 bridgehead atoms. The summed E-state index contributed by atoms with van der Waals surface area (Å²) in [4.78, 5) is 4.61. The fraction of sp³-hybridized carbons (Fsp3) is 0.133. The van der Waals surface area contributed by atoms with Crippen molar-refractivity contribution in [3.05, 3.63) is 42.0 Å². The van der Waals surface area contributed by atoms with Crippen molar-refractivity contribution in [1.82, 2.24) is 4.98 Å². The molecule has 0 amide bonds. The zero-order valence-corrected chi connectivity index (χ0v) is 11.6. The SMILES string of the molecule is CNc1ccc(-c2nc3ccc(O)cc3s2)cc1C. The first-order chi connectivity index (χ1) is 9.17. The highest BCUT2D eigenvalue weighted by Crippen LogP contribution is 2.33. The van der Waals surface area contributed by atoms with E-state index in [0.717, 1.165) is 26.5 Å². The van der Waals surface area contributed by atoms with E-state index >= 15 is 0 Å². The molecule has 3 nitrogen and oxygen atoms in total. The molecule has 0 radical (unpaired) electrons. The largest absolute Gasteiger partial charge is 0.508 e. The van der Waals surface area contributed by atoms with E-state index in [9.17, 15) is 5.11 Å². The summed E-state index contributed by atoms with van der Waals surface area (Å²) in [5, 5.41) is 13.6. The van der Waals surface area contributed by atoms with Gasteiger partial charge in [0.1, 0.15) is 10.8 Å². The highest BCUT2D eigenvalue weighted by molar-refractivity contribution is 7.21. The second-order valence-electron chi connectivity index (χ2n) is 4.45. The summed E-state index contributed by atoms with van der Waals surface area (Å²) in [6.45, 7) is 2.08. The fourth-order valence-electron chi connectivity index (χ4n) is 2.11. The van der Waals surface area contributed by atoms with Gasteiger partial charge in [-0.3, -0.25) is 0 Å². The number of hydrogen-bond acceptors (Lipinski definition) is 4. The summed E-state index contributed by atoms with van der Waals surface area (Å²) < 4.78 is 1.00. The molecule has 0 spiro atoms. The molecule has 3 aromatic rings. The normalized spacial score (nSPS) is 10.8. The van der Waals surface area contributed by atoms with Crippen molar-refractivity contribution in [1.29, 1.82) is 0 Å². The van der Waals surface area contributed by atoms with Crippen LogP contribution < -0.4 is 5.32 Å². The van der Waals surface area contributed by atoms with E-state index in [-0.39, 0.29) is 5.75 Å². The lowest BCUT2D eigenvalue weighted by atomic mass is 10.1. The first kappa shape index (κ1) is 12.0. The maximum atomic E-state index is 9.49. The molecule has 0 aliphatic carbocycles. The second kappa shape index (κ2) is 4.55. The third kappa shape index (κ3) is 2.15. The van der Waals surface area contributed by atoms with Crippen molar-refractivity contribution in [3.63, 3.8) is 0 Å². The van der Waals surface area contributed by atoms with Crippen LogP contribution in [0, 0.1) is 6.92 Å². The van der Waals surface area contributed by atoms with Crippen LogP contribution in [0.1, 0.15) is 5.56 Å². The summed E-state index contributed by atoms with van der Waals surface area (Å²) in [6, 6.07) is 11.5. The van der Waals surface area contributed by atoms with Crippen LogP contribution in [0.25, 0.3) is 20.8 Å². The van der Waals surface area contributed by atoms with Gasteiger partial charge in [0.2, 0.25) is 0 Å². The number of benzene rings is 2. The number of nitrogens with one attached hydrogen (secondary N) is 1. The Morgan fingerprint density at radius 1 is 1.16 bits per heavy atom. The molecule has 2 N–H and O–H groups in total. The first-order valence-electron chi connectivity index (χ1n) is 6.06. The third-order valence-electron chi connectivity index (χ3n) is 3.11. The van der Waals surface area contributed by atoms with Crippen molar-refractivity contribution in [3.8, 4) is 16.3 Å². The molecule has 0 atom stereocenters. The lowest BCUT2D eigenvalue weighted by Gasteiger charge is -2.05.